The van der Waals surface area contributed by atoms with Gasteiger partial charge in [-0.1, -0.05) is 116 Å². The fraction of sp³-hybridized carbons (Fsp3) is 0.782. The van der Waals surface area contributed by atoms with E-state index in [0.717, 1.165) is 0 Å². The van der Waals surface area contributed by atoms with Gasteiger partial charge in [-0.25, -0.2) is 0 Å². The standard InChI is InChI=1S/C55H101N11O11/c1-17-34(14)45(66-49(71)39(24-22-26-57)59-50(72)41(28-30(6)7)62-47(69)37(19-3)58-55(77)46(68)35(15)18-2)54(76)65-44(33(12)13)53(75)64-43(32(10)11)51(73)60-38(23-20-21-25-56)48(70)63-42(31(8)9)52(74)61-40(36(16)67)27-29(4)5/h19,29-35,38-46,68H,17-18,20-28,56-57H2,1-16H3,(H,58,77)(H,59,72)(H,60,73)(H,61,74)(H,62,69)(H,63,70)(H,64,75)(H,65,76)(H,66,71)/b37-19+/t34?,35?,38?,39?,40?,41?,42?,43?,44?,45?,46-/m0/s1. The first kappa shape index (κ1) is 71.5. The normalized spacial score (nSPS) is 16.1. The molecule has 0 saturated carbocycles. The van der Waals surface area contributed by atoms with Crippen molar-refractivity contribution >= 4 is 58.9 Å². The molecule has 10 unspecified atom stereocenters. The van der Waals surface area contributed by atoms with Crippen molar-refractivity contribution in [1.29, 1.82) is 0 Å². The summed E-state index contributed by atoms with van der Waals surface area (Å²) >= 11 is 0. The van der Waals surface area contributed by atoms with E-state index in [-0.39, 0.29) is 55.0 Å². The number of rotatable bonds is 37. The molecule has 22 nitrogen and oxygen atoms in total. The average molecular weight is 1090 g/mol. The number of hydrogen-bond acceptors (Lipinski definition) is 13. The summed E-state index contributed by atoms with van der Waals surface area (Å²) in [4.78, 5) is 137. The smallest absolute Gasteiger partial charge is 0.268 e. The summed E-state index contributed by atoms with van der Waals surface area (Å²) in [6, 6.07) is -8.95. The number of aliphatic hydroxyl groups is 1. The Morgan fingerprint density at radius 2 is 0.805 bits per heavy atom. The number of amides is 9. The van der Waals surface area contributed by atoms with E-state index >= 15 is 0 Å². The lowest BCUT2D eigenvalue weighted by Gasteiger charge is -2.31. The van der Waals surface area contributed by atoms with Crippen LogP contribution < -0.4 is 59.3 Å². The van der Waals surface area contributed by atoms with Crippen molar-refractivity contribution in [2.75, 3.05) is 13.1 Å². The number of nitrogens with two attached hydrogens (primary N) is 2. The molecule has 77 heavy (non-hydrogen) atoms. The van der Waals surface area contributed by atoms with Crippen LogP contribution >= 0.6 is 0 Å². The zero-order chi connectivity index (χ0) is 59.4. The molecule has 0 aromatic heterocycles. The third-order valence-electron chi connectivity index (χ3n) is 13.5. The predicted molar refractivity (Wildman–Crippen MR) is 298 cm³/mol. The SMILES string of the molecule is C/C=C(/NC(=O)[C@@H](O)C(C)CC)C(=O)NC(CC(C)C)C(=O)NC(CCCN)C(=O)NC(C(=O)NC(C(=O)NC(C(=O)NC(CCCCN)C(=O)NC(C(=O)NC(CC(C)C)C(C)=O)C(C)C)C(C)C)C(C)C)C(C)CC. The summed E-state index contributed by atoms with van der Waals surface area (Å²) in [5.74, 6) is -8.82. The first-order valence-corrected chi connectivity index (χ1v) is 27.9. The molecule has 0 fully saturated rings. The van der Waals surface area contributed by atoms with E-state index in [4.69, 9.17) is 11.5 Å². The number of carbonyl (C=O) groups excluding carboxylic acids is 10. The molecule has 14 N–H and O–H groups in total. The summed E-state index contributed by atoms with van der Waals surface area (Å²) in [6.07, 6.45) is 2.95. The molecule has 22 heteroatoms. The molecule has 0 aliphatic heterocycles. The fourth-order valence-corrected chi connectivity index (χ4v) is 8.13. The van der Waals surface area contributed by atoms with Crippen LogP contribution in [-0.2, 0) is 47.9 Å². The zero-order valence-corrected chi connectivity index (χ0v) is 49.3. The van der Waals surface area contributed by atoms with Crippen molar-refractivity contribution in [1.82, 2.24) is 47.9 Å². The molecule has 0 saturated heterocycles. The van der Waals surface area contributed by atoms with Gasteiger partial charge in [-0.2, -0.15) is 0 Å². The van der Waals surface area contributed by atoms with Crippen molar-refractivity contribution in [3.8, 4) is 0 Å². The maximum Gasteiger partial charge on any atom is 0.268 e. The highest BCUT2D eigenvalue weighted by atomic mass is 16.3. The highest BCUT2D eigenvalue weighted by molar-refractivity contribution is 6.01. The van der Waals surface area contributed by atoms with E-state index in [2.05, 4.69) is 47.9 Å². The Hall–Kier alpha value is -5.48. The summed E-state index contributed by atoms with van der Waals surface area (Å²) in [5.41, 5.74) is 11.4. The Kier molecular flexibility index (Phi) is 34.0. The van der Waals surface area contributed by atoms with Crippen LogP contribution in [0.4, 0.5) is 0 Å². The Morgan fingerprint density at radius 3 is 1.21 bits per heavy atom. The van der Waals surface area contributed by atoms with Gasteiger partial charge in [0.25, 0.3) is 11.8 Å². The highest BCUT2D eigenvalue weighted by Crippen LogP contribution is 2.16. The third-order valence-corrected chi connectivity index (χ3v) is 13.5. The predicted octanol–water partition coefficient (Wildman–Crippen LogP) is 1.85. The maximum absolute atomic E-state index is 14.3. The van der Waals surface area contributed by atoms with Crippen molar-refractivity contribution in [2.24, 2.45) is 52.9 Å². The maximum atomic E-state index is 14.3. The van der Waals surface area contributed by atoms with Gasteiger partial charge in [0.15, 0.2) is 5.78 Å². The first-order chi connectivity index (χ1) is 35.9. The quantitative estimate of drug-likeness (QED) is 0.0313. The summed E-state index contributed by atoms with van der Waals surface area (Å²) < 4.78 is 0. The van der Waals surface area contributed by atoms with Gasteiger partial charge >= 0.3 is 0 Å². The van der Waals surface area contributed by atoms with E-state index in [1.807, 2.05) is 41.5 Å². The van der Waals surface area contributed by atoms with Gasteiger partial charge in [0.1, 0.15) is 54.1 Å². The van der Waals surface area contributed by atoms with Crippen molar-refractivity contribution in [2.45, 2.75) is 223 Å². The molecule has 0 aliphatic carbocycles. The van der Waals surface area contributed by atoms with Crippen molar-refractivity contribution in [3.05, 3.63) is 11.8 Å². The largest absolute Gasteiger partial charge is 0.383 e. The van der Waals surface area contributed by atoms with Gasteiger partial charge < -0.3 is 64.4 Å². The molecule has 0 bridgehead atoms. The molecular formula is C55H101N11O11. The van der Waals surface area contributed by atoms with Gasteiger partial charge in [0.05, 0.1) is 6.04 Å². The second-order valence-electron chi connectivity index (χ2n) is 22.4. The minimum Gasteiger partial charge on any atom is -0.383 e. The van der Waals surface area contributed by atoms with Crippen LogP contribution in [0.15, 0.2) is 11.8 Å². The van der Waals surface area contributed by atoms with Crippen LogP contribution in [-0.4, -0.2) is 132 Å². The van der Waals surface area contributed by atoms with Crippen LogP contribution in [0.25, 0.3) is 0 Å². The second-order valence-corrected chi connectivity index (χ2v) is 22.4. The lowest BCUT2D eigenvalue weighted by Crippen LogP contribution is -2.62. The van der Waals surface area contributed by atoms with Crippen molar-refractivity contribution < 1.29 is 53.1 Å². The number of Topliss-reactive ketones (excluding diaryl/α,β-unsaturated/α-hetero) is 1. The van der Waals surface area contributed by atoms with E-state index in [0.29, 0.717) is 45.1 Å². The van der Waals surface area contributed by atoms with Gasteiger partial charge in [-0.15, -0.1) is 0 Å². The van der Waals surface area contributed by atoms with Gasteiger partial charge in [0.2, 0.25) is 41.4 Å². The molecule has 0 spiro atoms. The third kappa shape index (κ3) is 25.7. The van der Waals surface area contributed by atoms with Crippen LogP contribution in [0.1, 0.15) is 169 Å². The summed E-state index contributed by atoms with van der Waals surface area (Å²) in [6.45, 7) is 28.3. The molecule has 9 amide bonds. The topological polar surface area (TPSA) is 351 Å². The van der Waals surface area contributed by atoms with Crippen LogP contribution in [0, 0.1) is 41.4 Å². The minimum atomic E-state index is -1.37. The average Bonchev–Trinajstić information content (AvgIpc) is 3.35. The van der Waals surface area contributed by atoms with Crippen LogP contribution in [0.3, 0.4) is 0 Å². The van der Waals surface area contributed by atoms with E-state index in [1.165, 1.54) is 19.9 Å². The van der Waals surface area contributed by atoms with Gasteiger partial charge in [-0.05, 0) is 113 Å². The van der Waals surface area contributed by atoms with Crippen LogP contribution in [0.2, 0.25) is 0 Å². The van der Waals surface area contributed by atoms with E-state index < -0.39 is 131 Å². The fourth-order valence-electron chi connectivity index (χ4n) is 8.13. The minimum absolute atomic E-state index is 0.0633. The number of nitrogens with one attached hydrogen (secondary N) is 9. The number of hydrogen-bond donors (Lipinski definition) is 12. The summed E-state index contributed by atoms with van der Waals surface area (Å²) in [5, 5.41) is 34.9. The molecule has 0 aromatic carbocycles. The highest BCUT2D eigenvalue weighted by Gasteiger charge is 2.38. The van der Waals surface area contributed by atoms with Crippen LogP contribution in [0.5, 0.6) is 0 Å². The second kappa shape index (κ2) is 36.6. The Bertz CT molecular complexity index is 1960. The van der Waals surface area contributed by atoms with E-state index in [1.54, 1.807) is 55.4 Å². The lowest BCUT2D eigenvalue weighted by atomic mass is 9.95. The number of ketones is 1. The van der Waals surface area contributed by atoms with Gasteiger partial charge in [-0.3, -0.25) is 47.9 Å². The number of allylic oxidation sites excluding steroid dienone is 1. The van der Waals surface area contributed by atoms with E-state index in [9.17, 15) is 53.1 Å². The Morgan fingerprint density at radius 1 is 0.442 bits per heavy atom. The molecule has 0 rings (SSSR count). The number of unbranched alkanes of at least 4 members (excludes halogenated alkanes) is 1. The number of carbonyl (C=O) groups is 10. The zero-order valence-electron chi connectivity index (χ0n) is 49.3. The molecule has 0 radical (unpaired) electrons. The monoisotopic (exact) mass is 1090 g/mol. The molecule has 0 aliphatic rings. The lowest BCUT2D eigenvalue weighted by molar-refractivity contribution is -0.137. The molecule has 0 aromatic rings. The molecule has 442 valence electrons. The Labute approximate surface area is 459 Å². The molecule has 0 heterocycles. The summed E-state index contributed by atoms with van der Waals surface area (Å²) in [7, 11) is 0. The molecular weight excluding hydrogens is 991 g/mol. The number of aliphatic hydroxyl groups excluding tert-OH is 1. The van der Waals surface area contributed by atoms with Crippen molar-refractivity contribution in [3.63, 3.8) is 0 Å². The van der Waals surface area contributed by atoms with Gasteiger partial charge in [0, 0.05) is 0 Å². The first-order valence-electron chi connectivity index (χ1n) is 27.9. The Balaban J connectivity index is 6.60. The molecule has 11 atom stereocenters.